The zero-order valence-electron chi connectivity index (χ0n) is 11.2. The van der Waals surface area contributed by atoms with Gasteiger partial charge in [0, 0.05) is 11.4 Å². The van der Waals surface area contributed by atoms with Crippen molar-refractivity contribution in [2.75, 3.05) is 11.9 Å². The maximum Gasteiger partial charge on any atom is 0.416 e. The van der Waals surface area contributed by atoms with Crippen LogP contribution >= 0.6 is 11.3 Å². The Morgan fingerprint density at radius 3 is 2.50 bits per heavy atom. The van der Waals surface area contributed by atoms with E-state index in [1.165, 1.54) is 23.5 Å². The summed E-state index contributed by atoms with van der Waals surface area (Å²) in [6.07, 6.45) is -3.99. The number of aryl methyl sites for hydroxylation is 2. The minimum atomic E-state index is -4.30. The van der Waals surface area contributed by atoms with Gasteiger partial charge in [-0.2, -0.15) is 13.2 Å². The van der Waals surface area contributed by atoms with Gasteiger partial charge >= 0.3 is 6.18 Å². The summed E-state index contributed by atoms with van der Waals surface area (Å²) >= 11 is 1.51. The van der Waals surface area contributed by atoms with Gasteiger partial charge in [0.15, 0.2) is 5.13 Å². The molecule has 6 heteroatoms. The van der Waals surface area contributed by atoms with Crippen LogP contribution in [0.25, 0.3) is 0 Å². The van der Waals surface area contributed by atoms with Crippen molar-refractivity contribution in [3.05, 3.63) is 46.0 Å². The molecular weight excluding hydrogens is 285 g/mol. The third-order valence-electron chi connectivity index (χ3n) is 3.02. The van der Waals surface area contributed by atoms with Crippen LogP contribution in [0.5, 0.6) is 0 Å². The summed E-state index contributed by atoms with van der Waals surface area (Å²) in [5, 5.41) is 3.83. The molecule has 2 aromatic rings. The number of hydrogen-bond donors (Lipinski definition) is 1. The Kier molecular flexibility index (Phi) is 4.32. The van der Waals surface area contributed by atoms with E-state index in [0.29, 0.717) is 18.5 Å². The van der Waals surface area contributed by atoms with Crippen molar-refractivity contribution in [2.24, 2.45) is 0 Å². The topological polar surface area (TPSA) is 24.9 Å². The number of benzene rings is 1. The van der Waals surface area contributed by atoms with Crippen LogP contribution in [-0.2, 0) is 12.6 Å². The first-order chi connectivity index (χ1) is 9.38. The fourth-order valence-corrected chi connectivity index (χ4v) is 2.71. The van der Waals surface area contributed by atoms with E-state index in [-0.39, 0.29) is 0 Å². The van der Waals surface area contributed by atoms with E-state index in [1.54, 1.807) is 6.07 Å². The van der Waals surface area contributed by atoms with E-state index in [9.17, 15) is 13.2 Å². The smallest absolute Gasteiger partial charge is 0.361 e. The van der Waals surface area contributed by atoms with Crippen molar-refractivity contribution < 1.29 is 13.2 Å². The number of nitrogens with zero attached hydrogens (tertiary/aromatic N) is 1. The molecule has 0 unspecified atom stereocenters. The first-order valence-electron chi connectivity index (χ1n) is 6.21. The van der Waals surface area contributed by atoms with Crippen molar-refractivity contribution in [3.8, 4) is 0 Å². The molecule has 0 radical (unpaired) electrons. The molecule has 1 aromatic heterocycles. The second-order valence-electron chi connectivity index (χ2n) is 4.49. The van der Waals surface area contributed by atoms with Gasteiger partial charge in [-0.05, 0) is 31.9 Å². The Morgan fingerprint density at radius 2 is 1.90 bits per heavy atom. The predicted molar refractivity (Wildman–Crippen MR) is 75.2 cm³/mol. The highest BCUT2D eigenvalue weighted by Gasteiger charge is 2.32. The Balaban J connectivity index is 2.01. The lowest BCUT2D eigenvalue weighted by Crippen LogP contribution is -2.12. The van der Waals surface area contributed by atoms with Crippen LogP contribution in [0.3, 0.4) is 0 Å². The molecule has 1 aromatic carbocycles. The summed E-state index contributed by atoms with van der Waals surface area (Å²) in [4.78, 5) is 5.41. The molecule has 108 valence electrons. The number of aromatic nitrogens is 1. The molecule has 0 aliphatic rings. The number of halogens is 3. The zero-order chi connectivity index (χ0) is 14.8. The lowest BCUT2D eigenvalue weighted by atomic mass is 10.0. The number of anilines is 1. The highest BCUT2D eigenvalue weighted by molar-refractivity contribution is 7.15. The van der Waals surface area contributed by atoms with Crippen molar-refractivity contribution in [1.29, 1.82) is 0 Å². The number of rotatable bonds is 4. The van der Waals surface area contributed by atoms with Crippen molar-refractivity contribution in [3.63, 3.8) is 0 Å². The Hall–Kier alpha value is -1.56. The quantitative estimate of drug-likeness (QED) is 0.903. The maximum absolute atomic E-state index is 12.8. The average molecular weight is 300 g/mol. The van der Waals surface area contributed by atoms with Crippen LogP contribution in [0, 0.1) is 13.8 Å². The summed E-state index contributed by atoms with van der Waals surface area (Å²) in [6.45, 7) is 4.31. The first-order valence-corrected chi connectivity index (χ1v) is 7.02. The van der Waals surface area contributed by atoms with Crippen LogP contribution in [0.15, 0.2) is 24.3 Å². The molecule has 2 nitrogen and oxygen atoms in total. The minimum absolute atomic E-state index is 0.303. The number of alkyl halides is 3. The first kappa shape index (κ1) is 14.8. The fraction of sp³-hybridized carbons (Fsp3) is 0.357. The molecule has 0 amide bonds. The molecule has 0 saturated carbocycles. The summed E-state index contributed by atoms with van der Waals surface area (Å²) in [5.41, 5.74) is 0.694. The SMILES string of the molecule is Cc1nc(NCCc2ccccc2C(F)(F)F)sc1C. The molecule has 0 atom stereocenters. The van der Waals surface area contributed by atoms with Crippen LogP contribution in [-0.4, -0.2) is 11.5 Å². The Bertz CT molecular complexity index is 571. The van der Waals surface area contributed by atoms with Crippen molar-refractivity contribution in [1.82, 2.24) is 4.98 Å². The van der Waals surface area contributed by atoms with Gasteiger partial charge < -0.3 is 5.32 Å². The second-order valence-corrected chi connectivity index (χ2v) is 5.70. The third-order valence-corrected chi connectivity index (χ3v) is 4.05. The van der Waals surface area contributed by atoms with Gasteiger partial charge in [0.2, 0.25) is 0 Å². The molecule has 20 heavy (non-hydrogen) atoms. The molecule has 0 spiro atoms. The van der Waals surface area contributed by atoms with Crippen molar-refractivity contribution in [2.45, 2.75) is 26.4 Å². The highest BCUT2D eigenvalue weighted by Crippen LogP contribution is 2.32. The van der Waals surface area contributed by atoms with Crippen LogP contribution in [0.1, 0.15) is 21.7 Å². The monoisotopic (exact) mass is 300 g/mol. The molecule has 0 aliphatic carbocycles. The van der Waals surface area contributed by atoms with Crippen LogP contribution < -0.4 is 5.32 Å². The summed E-state index contributed by atoms with van der Waals surface area (Å²) in [7, 11) is 0. The van der Waals surface area contributed by atoms with E-state index >= 15 is 0 Å². The lowest BCUT2D eigenvalue weighted by molar-refractivity contribution is -0.138. The van der Waals surface area contributed by atoms with E-state index in [4.69, 9.17) is 0 Å². The standard InChI is InChI=1S/C14H15F3N2S/c1-9-10(2)20-13(19-9)18-8-7-11-5-3-4-6-12(11)14(15,16)17/h3-6H,7-8H2,1-2H3,(H,18,19). The Morgan fingerprint density at radius 1 is 1.20 bits per heavy atom. The van der Waals surface area contributed by atoms with E-state index in [2.05, 4.69) is 10.3 Å². The zero-order valence-corrected chi connectivity index (χ0v) is 12.0. The number of thiazole rings is 1. The van der Waals surface area contributed by atoms with Gasteiger partial charge in [-0.25, -0.2) is 4.98 Å². The average Bonchev–Trinajstić information content (AvgIpc) is 2.68. The molecular formula is C14H15F3N2S. The summed E-state index contributed by atoms with van der Waals surface area (Å²) in [6, 6.07) is 5.67. The maximum atomic E-state index is 12.8. The van der Waals surface area contributed by atoms with E-state index in [1.807, 2.05) is 13.8 Å². The highest BCUT2D eigenvalue weighted by atomic mass is 32.1. The molecule has 2 rings (SSSR count). The third kappa shape index (κ3) is 3.50. The van der Waals surface area contributed by atoms with Gasteiger partial charge in [0.1, 0.15) is 0 Å². The van der Waals surface area contributed by atoms with Gasteiger partial charge in [0.25, 0.3) is 0 Å². The number of hydrogen-bond acceptors (Lipinski definition) is 3. The minimum Gasteiger partial charge on any atom is -0.361 e. The van der Waals surface area contributed by atoms with Crippen molar-refractivity contribution >= 4 is 16.5 Å². The van der Waals surface area contributed by atoms with E-state index < -0.39 is 11.7 Å². The molecule has 0 aliphatic heterocycles. The van der Waals surface area contributed by atoms with Gasteiger partial charge in [-0.3, -0.25) is 0 Å². The summed E-state index contributed by atoms with van der Waals surface area (Å²) in [5.74, 6) is 0. The summed E-state index contributed by atoms with van der Waals surface area (Å²) < 4.78 is 38.5. The van der Waals surface area contributed by atoms with Gasteiger partial charge in [-0.1, -0.05) is 18.2 Å². The lowest BCUT2D eigenvalue weighted by Gasteiger charge is -2.12. The largest absolute Gasteiger partial charge is 0.416 e. The molecule has 0 fully saturated rings. The van der Waals surface area contributed by atoms with Gasteiger partial charge in [0.05, 0.1) is 11.3 Å². The van der Waals surface area contributed by atoms with Gasteiger partial charge in [-0.15, -0.1) is 11.3 Å². The molecule has 1 N–H and O–H groups in total. The van der Waals surface area contributed by atoms with E-state index in [0.717, 1.165) is 21.8 Å². The molecule has 0 bridgehead atoms. The molecule has 1 heterocycles. The fourth-order valence-electron chi connectivity index (χ4n) is 1.87. The van der Waals surface area contributed by atoms with Crippen LogP contribution in [0.4, 0.5) is 18.3 Å². The Labute approximate surface area is 119 Å². The van der Waals surface area contributed by atoms with Crippen LogP contribution in [0.2, 0.25) is 0 Å². The normalized spacial score (nSPS) is 11.7. The number of nitrogens with one attached hydrogen (secondary N) is 1. The predicted octanol–water partition coefficient (Wildman–Crippen LogP) is 4.43. The molecule has 0 saturated heterocycles. The second kappa shape index (κ2) is 5.83.